The molecule has 1 unspecified atom stereocenters. The third-order valence-electron chi connectivity index (χ3n) is 4.29. The summed E-state index contributed by atoms with van der Waals surface area (Å²) in [5.41, 5.74) is 4.44. The molecular weight excluding hydrogens is 315 g/mol. The van der Waals surface area contributed by atoms with Crippen LogP contribution >= 0.6 is 7.80 Å². The molecular formula is C21H26O2P. The number of carbonyl (C=O) groups excluding carboxylic acids is 1. The number of hydrogen-bond acceptors (Lipinski definition) is 2. The molecule has 2 rings (SSSR count). The molecule has 0 amide bonds. The Labute approximate surface area is 146 Å². The number of benzene rings is 2. The zero-order valence-electron chi connectivity index (χ0n) is 15.1. The molecule has 0 aromatic heterocycles. The average Bonchev–Trinajstić information content (AvgIpc) is 2.54. The molecule has 1 radical (unpaired) electrons. The van der Waals surface area contributed by atoms with Gasteiger partial charge in [0.15, 0.2) is 5.78 Å². The molecule has 0 N–H and O–H groups in total. The second-order valence-electron chi connectivity index (χ2n) is 6.43. The van der Waals surface area contributed by atoms with Crippen LogP contribution < -0.4 is 5.30 Å². The minimum Gasteiger partial charge on any atom is -0.289 e. The highest BCUT2D eigenvalue weighted by Crippen LogP contribution is 2.27. The molecule has 0 bridgehead atoms. The normalized spacial score (nSPS) is 11.4. The summed E-state index contributed by atoms with van der Waals surface area (Å²) in [6.07, 6.45) is 3.77. The standard InChI is InChI=1S/C21H26O2P/c1-5-6-9-12-24(23)19-11-8-7-10-18(19)21(22)20-16(3)13-15(2)14-17(20)4/h7-8,10-11,13-14H,5-6,9,12H2,1-4H3. The fraction of sp³-hybridized carbons (Fsp3) is 0.381. The van der Waals surface area contributed by atoms with Crippen LogP contribution in [0.3, 0.4) is 0 Å². The third kappa shape index (κ3) is 4.19. The van der Waals surface area contributed by atoms with Gasteiger partial charge in [-0.15, -0.1) is 0 Å². The van der Waals surface area contributed by atoms with Gasteiger partial charge in [0.05, 0.1) is 0 Å². The highest BCUT2D eigenvalue weighted by Gasteiger charge is 2.20. The Morgan fingerprint density at radius 3 is 2.25 bits per heavy atom. The van der Waals surface area contributed by atoms with Gasteiger partial charge < -0.3 is 0 Å². The molecule has 2 aromatic rings. The fourth-order valence-electron chi connectivity index (χ4n) is 3.18. The third-order valence-corrected chi connectivity index (χ3v) is 5.94. The van der Waals surface area contributed by atoms with Gasteiger partial charge in [0.2, 0.25) is 0 Å². The number of hydrogen-bond donors (Lipinski definition) is 0. The first-order valence-electron chi connectivity index (χ1n) is 8.62. The van der Waals surface area contributed by atoms with Crippen LogP contribution in [0.15, 0.2) is 36.4 Å². The van der Waals surface area contributed by atoms with Gasteiger partial charge in [0, 0.05) is 22.6 Å². The van der Waals surface area contributed by atoms with Crippen molar-refractivity contribution in [3.05, 3.63) is 64.2 Å². The van der Waals surface area contributed by atoms with Crippen molar-refractivity contribution >= 4 is 18.9 Å². The van der Waals surface area contributed by atoms with E-state index in [0.29, 0.717) is 17.0 Å². The van der Waals surface area contributed by atoms with E-state index < -0.39 is 7.80 Å². The van der Waals surface area contributed by atoms with E-state index in [1.807, 2.05) is 57.2 Å². The highest BCUT2D eigenvalue weighted by molar-refractivity contribution is 7.53. The van der Waals surface area contributed by atoms with Gasteiger partial charge >= 0.3 is 0 Å². The van der Waals surface area contributed by atoms with Crippen molar-refractivity contribution in [2.75, 3.05) is 6.16 Å². The maximum atomic E-state index is 13.1. The van der Waals surface area contributed by atoms with Crippen molar-refractivity contribution in [1.29, 1.82) is 0 Å². The second-order valence-corrected chi connectivity index (χ2v) is 8.12. The van der Waals surface area contributed by atoms with E-state index in [2.05, 4.69) is 6.92 Å². The lowest BCUT2D eigenvalue weighted by Gasteiger charge is -2.13. The van der Waals surface area contributed by atoms with E-state index in [9.17, 15) is 9.36 Å². The van der Waals surface area contributed by atoms with Gasteiger partial charge in [-0.1, -0.05) is 49.6 Å². The summed E-state index contributed by atoms with van der Waals surface area (Å²) in [4.78, 5) is 13.1. The maximum absolute atomic E-state index is 13.1. The molecule has 0 heterocycles. The Balaban J connectivity index is 2.39. The molecule has 2 aromatic carbocycles. The van der Waals surface area contributed by atoms with Gasteiger partial charge in [-0.25, -0.2) is 0 Å². The smallest absolute Gasteiger partial charge is 0.194 e. The average molecular weight is 341 g/mol. The van der Waals surface area contributed by atoms with Gasteiger partial charge in [0.1, 0.15) is 7.80 Å². The van der Waals surface area contributed by atoms with Crippen LogP contribution in [0, 0.1) is 20.8 Å². The molecule has 3 heteroatoms. The summed E-state index contributed by atoms with van der Waals surface area (Å²) in [6, 6.07) is 11.4. The molecule has 0 saturated carbocycles. The minimum atomic E-state index is -1.53. The number of aryl methyl sites for hydroxylation is 3. The molecule has 0 aliphatic rings. The minimum absolute atomic E-state index is 0.0144. The Morgan fingerprint density at radius 1 is 1.00 bits per heavy atom. The van der Waals surface area contributed by atoms with Crippen molar-refractivity contribution in [3.63, 3.8) is 0 Å². The summed E-state index contributed by atoms with van der Waals surface area (Å²) >= 11 is 0. The maximum Gasteiger partial charge on any atom is 0.194 e. The van der Waals surface area contributed by atoms with E-state index in [4.69, 9.17) is 0 Å². The van der Waals surface area contributed by atoms with E-state index >= 15 is 0 Å². The van der Waals surface area contributed by atoms with Crippen LogP contribution in [-0.4, -0.2) is 11.9 Å². The first-order chi connectivity index (χ1) is 11.5. The zero-order valence-corrected chi connectivity index (χ0v) is 16.0. The molecule has 0 aliphatic carbocycles. The summed E-state index contributed by atoms with van der Waals surface area (Å²) < 4.78 is 12.7. The van der Waals surface area contributed by atoms with Crippen LogP contribution in [-0.2, 0) is 4.57 Å². The summed E-state index contributed by atoms with van der Waals surface area (Å²) in [7, 11) is -1.53. The number of carbonyl (C=O) groups is 1. The Hall–Kier alpha value is -1.79. The van der Waals surface area contributed by atoms with Crippen molar-refractivity contribution < 1.29 is 9.36 Å². The zero-order chi connectivity index (χ0) is 17.7. The first kappa shape index (κ1) is 18.5. The number of rotatable bonds is 7. The molecule has 1 atom stereocenters. The van der Waals surface area contributed by atoms with Crippen LogP contribution in [0.1, 0.15) is 58.8 Å². The molecule has 0 saturated heterocycles. The molecule has 0 spiro atoms. The number of ketones is 1. The van der Waals surface area contributed by atoms with E-state index in [-0.39, 0.29) is 5.78 Å². The summed E-state index contributed by atoms with van der Waals surface area (Å²) in [6.45, 7) is 8.11. The second kappa shape index (κ2) is 8.35. The summed E-state index contributed by atoms with van der Waals surface area (Å²) in [5.74, 6) is -0.0144. The summed E-state index contributed by atoms with van der Waals surface area (Å²) in [5, 5.41) is 0.702. The fourth-order valence-corrected chi connectivity index (χ4v) is 4.63. The predicted molar refractivity (Wildman–Crippen MR) is 102 cm³/mol. The van der Waals surface area contributed by atoms with Crippen molar-refractivity contribution in [2.24, 2.45) is 0 Å². The first-order valence-corrected chi connectivity index (χ1v) is 10.1. The lowest BCUT2D eigenvalue weighted by atomic mass is 9.93. The quantitative estimate of drug-likeness (QED) is 0.379. The number of unbranched alkanes of at least 4 members (excludes halogenated alkanes) is 2. The molecule has 2 nitrogen and oxygen atoms in total. The molecule has 0 aliphatic heterocycles. The van der Waals surface area contributed by atoms with Gasteiger partial charge in [0.25, 0.3) is 0 Å². The van der Waals surface area contributed by atoms with Crippen LogP contribution in [0.5, 0.6) is 0 Å². The van der Waals surface area contributed by atoms with Crippen LogP contribution in [0.25, 0.3) is 0 Å². The Kier molecular flexibility index (Phi) is 6.45. The van der Waals surface area contributed by atoms with Crippen LogP contribution in [0.4, 0.5) is 0 Å². The van der Waals surface area contributed by atoms with E-state index in [1.165, 1.54) is 0 Å². The lowest BCUT2D eigenvalue weighted by molar-refractivity contribution is 0.103. The van der Waals surface area contributed by atoms with E-state index in [0.717, 1.165) is 41.5 Å². The Bertz CT molecular complexity index is 739. The van der Waals surface area contributed by atoms with Crippen molar-refractivity contribution in [2.45, 2.75) is 47.0 Å². The largest absolute Gasteiger partial charge is 0.289 e. The van der Waals surface area contributed by atoms with Gasteiger partial charge in [-0.2, -0.15) is 0 Å². The van der Waals surface area contributed by atoms with Crippen LogP contribution in [0.2, 0.25) is 0 Å². The Morgan fingerprint density at radius 2 is 1.62 bits per heavy atom. The molecule has 0 fully saturated rings. The SMILES string of the molecule is CCCCC[P](=O)c1ccccc1C(=O)c1c(C)cc(C)cc1C. The van der Waals surface area contributed by atoms with Crippen molar-refractivity contribution in [1.82, 2.24) is 0 Å². The topological polar surface area (TPSA) is 34.1 Å². The molecule has 127 valence electrons. The monoisotopic (exact) mass is 341 g/mol. The lowest BCUT2D eigenvalue weighted by Crippen LogP contribution is -2.16. The van der Waals surface area contributed by atoms with Crippen molar-refractivity contribution in [3.8, 4) is 0 Å². The predicted octanol–water partition coefficient (Wildman–Crippen LogP) is 5.49. The highest BCUT2D eigenvalue weighted by atomic mass is 31.1. The van der Waals surface area contributed by atoms with E-state index in [1.54, 1.807) is 0 Å². The van der Waals surface area contributed by atoms with Gasteiger partial charge in [-0.3, -0.25) is 9.36 Å². The van der Waals surface area contributed by atoms with Gasteiger partial charge in [-0.05, 0) is 50.5 Å². The molecule has 24 heavy (non-hydrogen) atoms.